The highest BCUT2D eigenvalue weighted by Gasteiger charge is 2.13. The summed E-state index contributed by atoms with van der Waals surface area (Å²) in [6.45, 7) is 2.08. The molecule has 0 aliphatic rings. The minimum atomic E-state index is -0.427. The number of ether oxygens (including phenoxy) is 2. The zero-order valence-electron chi connectivity index (χ0n) is 11.1. The van der Waals surface area contributed by atoms with E-state index in [1.807, 2.05) is 13.0 Å². The SMILES string of the molecule is COc1cc(CC(C)N)cc(Cl)c1OCCC(N)=O. The number of primary amides is 1. The predicted molar refractivity (Wildman–Crippen MR) is 74.7 cm³/mol. The van der Waals surface area contributed by atoms with Gasteiger partial charge in [0.1, 0.15) is 0 Å². The normalized spacial score (nSPS) is 12.0. The number of hydrogen-bond acceptors (Lipinski definition) is 4. The van der Waals surface area contributed by atoms with Crippen molar-refractivity contribution in [3.05, 3.63) is 22.7 Å². The highest BCUT2D eigenvalue weighted by atomic mass is 35.5. The van der Waals surface area contributed by atoms with Gasteiger partial charge in [-0.05, 0) is 31.0 Å². The first-order chi connectivity index (χ1) is 8.93. The molecule has 1 atom stereocenters. The first-order valence-corrected chi connectivity index (χ1v) is 6.35. The highest BCUT2D eigenvalue weighted by Crippen LogP contribution is 2.36. The first kappa shape index (κ1) is 15.6. The summed E-state index contributed by atoms with van der Waals surface area (Å²) < 4.78 is 10.7. The molecule has 1 rings (SSSR count). The number of halogens is 1. The summed E-state index contributed by atoms with van der Waals surface area (Å²) in [7, 11) is 1.53. The summed E-state index contributed by atoms with van der Waals surface area (Å²) >= 11 is 6.15. The number of hydrogen-bond donors (Lipinski definition) is 2. The fourth-order valence-corrected chi connectivity index (χ4v) is 1.94. The van der Waals surface area contributed by atoms with Crippen LogP contribution in [0.2, 0.25) is 5.02 Å². The maximum atomic E-state index is 10.7. The van der Waals surface area contributed by atoms with Crippen LogP contribution in [0.4, 0.5) is 0 Å². The number of nitrogens with two attached hydrogens (primary N) is 2. The smallest absolute Gasteiger partial charge is 0.220 e. The van der Waals surface area contributed by atoms with Gasteiger partial charge in [-0.3, -0.25) is 4.79 Å². The van der Waals surface area contributed by atoms with Crippen molar-refractivity contribution < 1.29 is 14.3 Å². The molecule has 4 N–H and O–H groups in total. The van der Waals surface area contributed by atoms with Crippen molar-refractivity contribution in [1.82, 2.24) is 0 Å². The molecule has 0 spiro atoms. The van der Waals surface area contributed by atoms with E-state index in [0.717, 1.165) is 5.56 Å². The van der Waals surface area contributed by atoms with Crippen LogP contribution in [0.3, 0.4) is 0 Å². The van der Waals surface area contributed by atoms with Crippen LogP contribution >= 0.6 is 11.6 Å². The summed E-state index contributed by atoms with van der Waals surface area (Å²) in [5.41, 5.74) is 11.8. The van der Waals surface area contributed by atoms with Gasteiger partial charge in [-0.2, -0.15) is 0 Å². The van der Waals surface area contributed by atoms with E-state index in [9.17, 15) is 4.79 Å². The molecular weight excluding hydrogens is 268 g/mol. The molecular formula is C13H19ClN2O3. The van der Waals surface area contributed by atoms with Crippen molar-refractivity contribution in [1.29, 1.82) is 0 Å². The minimum absolute atomic E-state index is 0.0300. The van der Waals surface area contributed by atoms with Gasteiger partial charge in [0.15, 0.2) is 11.5 Å². The van der Waals surface area contributed by atoms with Crippen LogP contribution in [0.25, 0.3) is 0 Å². The fraction of sp³-hybridized carbons (Fsp3) is 0.462. The zero-order chi connectivity index (χ0) is 14.4. The Morgan fingerprint density at radius 3 is 2.68 bits per heavy atom. The third kappa shape index (κ3) is 4.96. The summed E-state index contributed by atoms with van der Waals surface area (Å²) in [5.74, 6) is 0.509. The molecule has 0 bridgehead atoms. The van der Waals surface area contributed by atoms with Gasteiger partial charge in [-0.15, -0.1) is 0 Å². The van der Waals surface area contributed by atoms with Crippen molar-refractivity contribution in [2.24, 2.45) is 11.5 Å². The number of benzene rings is 1. The van der Waals surface area contributed by atoms with Gasteiger partial charge in [0.25, 0.3) is 0 Å². The second kappa shape index (κ2) is 7.21. The lowest BCUT2D eigenvalue weighted by atomic mass is 10.1. The number of carbonyl (C=O) groups is 1. The molecule has 106 valence electrons. The summed E-state index contributed by atoms with van der Waals surface area (Å²) in [4.78, 5) is 10.7. The lowest BCUT2D eigenvalue weighted by Gasteiger charge is -2.14. The number of amides is 1. The Morgan fingerprint density at radius 1 is 1.47 bits per heavy atom. The van der Waals surface area contributed by atoms with Crippen LogP contribution in [0.15, 0.2) is 12.1 Å². The van der Waals surface area contributed by atoms with E-state index in [0.29, 0.717) is 22.9 Å². The second-order valence-corrected chi connectivity index (χ2v) is 4.76. The second-order valence-electron chi connectivity index (χ2n) is 4.36. The topological polar surface area (TPSA) is 87.6 Å². The van der Waals surface area contributed by atoms with Gasteiger partial charge in [0.05, 0.1) is 25.2 Å². The summed E-state index contributed by atoms with van der Waals surface area (Å²) in [5, 5.41) is 0.430. The molecule has 1 unspecified atom stereocenters. The molecule has 0 fully saturated rings. The molecule has 1 aromatic rings. The van der Waals surface area contributed by atoms with Crippen LogP contribution < -0.4 is 20.9 Å². The zero-order valence-corrected chi connectivity index (χ0v) is 11.9. The molecule has 0 heterocycles. The number of rotatable bonds is 7. The van der Waals surface area contributed by atoms with Gasteiger partial charge in [-0.1, -0.05) is 11.6 Å². The van der Waals surface area contributed by atoms with Gasteiger partial charge < -0.3 is 20.9 Å². The standard InChI is InChI=1S/C13H19ClN2O3/c1-8(15)5-9-6-10(14)13(11(7-9)18-2)19-4-3-12(16)17/h6-8H,3-5,15H2,1-2H3,(H2,16,17). The van der Waals surface area contributed by atoms with E-state index < -0.39 is 5.91 Å². The Kier molecular flexibility index (Phi) is 5.92. The van der Waals surface area contributed by atoms with E-state index in [1.54, 1.807) is 6.07 Å². The van der Waals surface area contributed by atoms with Crippen LogP contribution in [-0.4, -0.2) is 25.7 Å². The Balaban J connectivity index is 2.88. The molecule has 0 radical (unpaired) electrons. The molecule has 0 aromatic heterocycles. The lowest BCUT2D eigenvalue weighted by Crippen LogP contribution is -2.18. The Hall–Kier alpha value is -1.46. The van der Waals surface area contributed by atoms with E-state index in [2.05, 4.69) is 0 Å². The number of methoxy groups -OCH3 is 1. The lowest BCUT2D eigenvalue weighted by molar-refractivity contribution is -0.118. The van der Waals surface area contributed by atoms with Crippen LogP contribution in [-0.2, 0) is 11.2 Å². The molecule has 1 aromatic carbocycles. The average Bonchev–Trinajstić information content (AvgIpc) is 2.30. The van der Waals surface area contributed by atoms with Crippen molar-refractivity contribution in [2.75, 3.05) is 13.7 Å². The molecule has 1 amide bonds. The molecule has 0 aliphatic carbocycles. The Morgan fingerprint density at radius 2 is 2.16 bits per heavy atom. The minimum Gasteiger partial charge on any atom is -0.493 e. The van der Waals surface area contributed by atoms with Gasteiger partial charge in [-0.25, -0.2) is 0 Å². The van der Waals surface area contributed by atoms with Gasteiger partial charge >= 0.3 is 0 Å². The monoisotopic (exact) mass is 286 g/mol. The van der Waals surface area contributed by atoms with Crippen LogP contribution in [0.1, 0.15) is 18.9 Å². The summed E-state index contributed by atoms with van der Waals surface area (Å²) in [6.07, 6.45) is 0.818. The molecule has 0 saturated heterocycles. The van der Waals surface area contributed by atoms with Crippen LogP contribution in [0.5, 0.6) is 11.5 Å². The summed E-state index contributed by atoms with van der Waals surface area (Å²) in [6, 6.07) is 3.64. The van der Waals surface area contributed by atoms with E-state index in [-0.39, 0.29) is 19.1 Å². The van der Waals surface area contributed by atoms with Crippen molar-refractivity contribution in [3.63, 3.8) is 0 Å². The predicted octanol–water partition coefficient (Wildman–Crippen LogP) is 1.49. The first-order valence-electron chi connectivity index (χ1n) is 5.97. The van der Waals surface area contributed by atoms with Crippen molar-refractivity contribution >= 4 is 17.5 Å². The highest BCUT2D eigenvalue weighted by molar-refractivity contribution is 6.32. The quantitative estimate of drug-likeness (QED) is 0.795. The largest absolute Gasteiger partial charge is 0.493 e. The van der Waals surface area contributed by atoms with Crippen molar-refractivity contribution in [3.8, 4) is 11.5 Å². The van der Waals surface area contributed by atoms with E-state index in [4.69, 9.17) is 32.5 Å². The van der Waals surface area contributed by atoms with E-state index in [1.165, 1.54) is 7.11 Å². The number of carbonyl (C=O) groups excluding carboxylic acids is 1. The third-order valence-corrected chi connectivity index (χ3v) is 2.72. The maximum absolute atomic E-state index is 10.7. The Bertz CT molecular complexity index is 450. The maximum Gasteiger partial charge on any atom is 0.220 e. The Labute approximate surface area is 117 Å². The van der Waals surface area contributed by atoms with E-state index >= 15 is 0 Å². The molecule has 5 nitrogen and oxygen atoms in total. The average molecular weight is 287 g/mol. The fourth-order valence-electron chi connectivity index (χ4n) is 1.66. The van der Waals surface area contributed by atoms with Gasteiger partial charge in [0.2, 0.25) is 5.91 Å². The molecule has 0 saturated carbocycles. The molecule has 19 heavy (non-hydrogen) atoms. The van der Waals surface area contributed by atoms with Crippen LogP contribution in [0, 0.1) is 0 Å². The van der Waals surface area contributed by atoms with Gasteiger partial charge in [0, 0.05) is 6.04 Å². The third-order valence-electron chi connectivity index (χ3n) is 2.44. The molecule has 0 aliphatic heterocycles. The van der Waals surface area contributed by atoms with Crippen molar-refractivity contribution in [2.45, 2.75) is 25.8 Å². The molecule has 6 heteroatoms.